The number of thioether (sulfide) groups is 1. The van der Waals surface area contributed by atoms with E-state index in [4.69, 9.17) is 22.3 Å². The molecule has 3 amide bonds. The highest BCUT2D eigenvalue weighted by atomic mass is 35.5. The third kappa shape index (κ3) is 7.22. The van der Waals surface area contributed by atoms with Crippen LogP contribution in [0.4, 0.5) is 0 Å². The molecule has 9 nitrogen and oxygen atoms in total. The Hall–Kier alpha value is -3.37. The monoisotopic (exact) mass is 583 g/mol. The number of fused-ring (bicyclic) bond motifs is 1. The van der Waals surface area contributed by atoms with Crippen LogP contribution in [0, 0.1) is 5.92 Å². The van der Waals surface area contributed by atoms with Gasteiger partial charge >= 0.3 is 0 Å². The fourth-order valence-electron chi connectivity index (χ4n) is 4.73. The number of amides is 3. The zero-order chi connectivity index (χ0) is 28.6. The molecule has 0 bridgehead atoms. The fraction of sp³-hybridized carbons (Fsp3) is 0.414. The molecular weight excluding hydrogens is 550 g/mol. The first-order valence-electron chi connectivity index (χ1n) is 13.5. The van der Waals surface area contributed by atoms with Crippen molar-refractivity contribution in [1.82, 2.24) is 19.8 Å². The van der Waals surface area contributed by atoms with E-state index < -0.39 is 0 Å². The summed E-state index contributed by atoms with van der Waals surface area (Å²) in [5.74, 6) is -0.854. The summed E-state index contributed by atoms with van der Waals surface area (Å²) in [6.07, 6.45) is 3.86. The van der Waals surface area contributed by atoms with Crippen LogP contribution in [0.2, 0.25) is 5.02 Å². The third-order valence-corrected chi connectivity index (χ3v) is 8.45. The summed E-state index contributed by atoms with van der Waals surface area (Å²) in [5.41, 5.74) is 6.88. The summed E-state index contributed by atoms with van der Waals surface area (Å²) in [7, 11) is 0. The number of aromatic nitrogens is 2. The SMILES string of the molecule is CCCCCn1c(SCC(=O)NCc2ccccc2Cl)nc2cc(C(=O)N3CCC(C(N)=O)CC3)ccc2c1=O. The lowest BCUT2D eigenvalue weighted by molar-refractivity contribution is -0.123. The zero-order valence-corrected chi connectivity index (χ0v) is 24.1. The molecule has 212 valence electrons. The Labute approximate surface area is 242 Å². The number of halogens is 1. The molecule has 1 aliphatic rings. The maximum absolute atomic E-state index is 13.5. The van der Waals surface area contributed by atoms with Crippen molar-refractivity contribution in [2.45, 2.75) is 57.3 Å². The van der Waals surface area contributed by atoms with E-state index in [1.54, 1.807) is 33.7 Å². The maximum atomic E-state index is 13.5. The van der Waals surface area contributed by atoms with E-state index in [-0.39, 0.29) is 35.0 Å². The van der Waals surface area contributed by atoms with Gasteiger partial charge in [0.05, 0.1) is 16.7 Å². The van der Waals surface area contributed by atoms with Gasteiger partial charge in [-0.25, -0.2) is 4.98 Å². The summed E-state index contributed by atoms with van der Waals surface area (Å²) in [6, 6.07) is 12.3. The predicted octanol–water partition coefficient (Wildman–Crippen LogP) is 3.99. The molecule has 0 atom stereocenters. The molecule has 0 spiro atoms. The molecule has 0 unspecified atom stereocenters. The molecule has 1 aromatic heterocycles. The first-order chi connectivity index (χ1) is 19.3. The number of nitrogens with one attached hydrogen (secondary N) is 1. The molecule has 3 N–H and O–H groups in total. The number of unbranched alkanes of at least 4 members (excludes halogenated alkanes) is 2. The highest BCUT2D eigenvalue weighted by Gasteiger charge is 2.27. The van der Waals surface area contributed by atoms with Crippen LogP contribution in [-0.4, -0.2) is 51.0 Å². The minimum atomic E-state index is -0.334. The summed E-state index contributed by atoms with van der Waals surface area (Å²) >= 11 is 7.38. The number of carbonyl (C=O) groups excluding carboxylic acids is 3. The van der Waals surface area contributed by atoms with E-state index in [2.05, 4.69) is 12.2 Å². The molecule has 2 heterocycles. The van der Waals surface area contributed by atoms with E-state index >= 15 is 0 Å². The second-order valence-corrected chi connectivity index (χ2v) is 11.3. The van der Waals surface area contributed by atoms with Gasteiger partial charge in [-0.15, -0.1) is 0 Å². The van der Waals surface area contributed by atoms with Gasteiger partial charge in [0.1, 0.15) is 0 Å². The number of carbonyl (C=O) groups is 3. The van der Waals surface area contributed by atoms with Gasteiger partial charge in [-0.3, -0.25) is 23.7 Å². The van der Waals surface area contributed by atoms with Gasteiger partial charge in [0.25, 0.3) is 11.5 Å². The lowest BCUT2D eigenvalue weighted by atomic mass is 9.96. The third-order valence-electron chi connectivity index (χ3n) is 7.10. The number of primary amides is 1. The largest absolute Gasteiger partial charge is 0.369 e. The van der Waals surface area contributed by atoms with E-state index in [0.29, 0.717) is 65.7 Å². The predicted molar refractivity (Wildman–Crippen MR) is 157 cm³/mol. The van der Waals surface area contributed by atoms with Gasteiger partial charge in [-0.05, 0) is 49.1 Å². The summed E-state index contributed by atoms with van der Waals surface area (Å²) < 4.78 is 1.63. The van der Waals surface area contributed by atoms with Crippen LogP contribution in [-0.2, 0) is 22.7 Å². The van der Waals surface area contributed by atoms with Crippen molar-refractivity contribution in [2.24, 2.45) is 11.7 Å². The normalized spacial score (nSPS) is 13.9. The number of nitrogens with zero attached hydrogens (tertiary/aromatic N) is 3. The van der Waals surface area contributed by atoms with Gasteiger partial charge < -0.3 is 16.0 Å². The molecule has 4 rings (SSSR count). The molecule has 0 aliphatic carbocycles. The van der Waals surface area contributed by atoms with E-state index in [9.17, 15) is 19.2 Å². The Balaban J connectivity index is 1.53. The number of likely N-dealkylation sites (tertiary alicyclic amines) is 1. The lowest BCUT2D eigenvalue weighted by Crippen LogP contribution is -2.41. The standard InChI is InChI=1S/C29H34ClN5O4S/c1-2-3-6-13-35-28(39)22-10-9-20(27(38)34-14-11-19(12-15-34)26(31)37)16-24(22)33-29(35)40-18-25(36)32-17-21-7-4-5-8-23(21)30/h4-5,7-10,16,19H,2-3,6,11-15,17-18H2,1H3,(H2,31,37)(H,32,36). The minimum absolute atomic E-state index is 0.0730. The number of hydrogen-bond acceptors (Lipinski definition) is 6. The average molecular weight is 584 g/mol. The van der Waals surface area contributed by atoms with Crippen LogP contribution >= 0.6 is 23.4 Å². The van der Waals surface area contributed by atoms with E-state index in [1.807, 2.05) is 18.2 Å². The number of hydrogen-bond donors (Lipinski definition) is 2. The van der Waals surface area contributed by atoms with Crippen LogP contribution in [0.3, 0.4) is 0 Å². The topological polar surface area (TPSA) is 127 Å². The average Bonchev–Trinajstić information content (AvgIpc) is 2.96. The molecule has 40 heavy (non-hydrogen) atoms. The van der Waals surface area contributed by atoms with Crippen molar-refractivity contribution in [1.29, 1.82) is 0 Å². The van der Waals surface area contributed by atoms with Gasteiger partial charge in [-0.1, -0.05) is 61.3 Å². The first-order valence-corrected chi connectivity index (χ1v) is 14.9. The number of benzene rings is 2. The zero-order valence-electron chi connectivity index (χ0n) is 22.5. The Bertz CT molecular complexity index is 1450. The molecule has 2 aromatic carbocycles. The molecular formula is C29H34ClN5O4S. The highest BCUT2D eigenvalue weighted by molar-refractivity contribution is 7.99. The van der Waals surface area contributed by atoms with Crippen molar-refractivity contribution < 1.29 is 14.4 Å². The first kappa shape index (κ1) is 29.6. The number of piperidine rings is 1. The second kappa shape index (κ2) is 13.8. The molecule has 3 aromatic rings. The second-order valence-electron chi connectivity index (χ2n) is 9.92. The Morgan fingerprint density at radius 2 is 1.88 bits per heavy atom. The summed E-state index contributed by atoms with van der Waals surface area (Å²) in [5, 5.41) is 4.31. The van der Waals surface area contributed by atoms with Crippen LogP contribution in [0.15, 0.2) is 52.4 Å². The summed E-state index contributed by atoms with van der Waals surface area (Å²) in [4.78, 5) is 57.2. The van der Waals surface area contributed by atoms with Gasteiger partial charge in [-0.2, -0.15) is 0 Å². The summed E-state index contributed by atoms with van der Waals surface area (Å²) in [6.45, 7) is 3.78. The molecule has 1 saturated heterocycles. The van der Waals surface area contributed by atoms with E-state index in [0.717, 1.165) is 24.8 Å². The molecule has 0 radical (unpaired) electrons. The lowest BCUT2D eigenvalue weighted by Gasteiger charge is -2.30. The minimum Gasteiger partial charge on any atom is -0.369 e. The van der Waals surface area contributed by atoms with Crippen LogP contribution in [0.25, 0.3) is 10.9 Å². The fourth-order valence-corrected chi connectivity index (χ4v) is 5.79. The van der Waals surface area contributed by atoms with Crippen molar-refractivity contribution in [3.05, 3.63) is 69.0 Å². The maximum Gasteiger partial charge on any atom is 0.262 e. The number of nitrogens with two attached hydrogens (primary N) is 1. The molecule has 11 heteroatoms. The van der Waals surface area contributed by atoms with Crippen LogP contribution in [0.5, 0.6) is 0 Å². The van der Waals surface area contributed by atoms with Crippen molar-refractivity contribution in [3.8, 4) is 0 Å². The van der Waals surface area contributed by atoms with Crippen molar-refractivity contribution in [2.75, 3.05) is 18.8 Å². The Kier molecular flexibility index (Phi) is 10.2. The molecule has 0 saturated carbocycles. The Morgan fingerprint density at radius 3 is 2.58 bits per heavy atom. The van der Waals surface area contributed by atoms with Gasteiger partial charge in [0.2, 0.25) is 11.8 Å². The molecule has 1 fully saturated rings. The smallest absolute Gasteiger partial charge is 0.262 e. The van der Waals surface area contributed by atoms with Crippen molar-refractivity contribution in [3.63, 3.8) is 0 Å². The number of rotatable bonds is 11. The van der Waals surface area contributed by atoms with Crippen LogP contribution < -0.4 is 16.6 Å². The van der Waals surface area contributed by atoms with Crippen LogP contribution in [0.1, 0.15) is 54.9 Å². The molecule has 1 aliphatic heterocycles. The Morgan fingerprint density at radius 1 is 1.12 bits per heavy atom. The quantitative estimate of drug-likeness (QED) is 0.200. The van der Waals surface area contributed by atoms with Crippen molar-refractivity contribution >= 4 is 52.0 Å². The van der Waals surface area contributed by atoms with E-state index in [1.165, 1.54) is 11.8 Å². The highest BCUT2D eigenvalue weighted by Crippen LogP contribution is 2.23. The van der Waals surface area contributed by atoms with Gasteiger partial charge in [0, 0.05) is 42.7 Å². The van der Waals surface area contributed by atoms with Gasteiger partial charge in [0.15, 0.2) is 5.16 Å².